The van der Waals surface area contributed by atoms with E-state index < -0.39 is 11.6 Å². The molecule has 2 nitrogen and oxygen atoms in total. The number of hydrogen-bond acceptors (Lipinski definition) is 2. The first-order chi connectivity index (χ1) is 8.41. The Morgan fingerprint density at radius 3 is 2.61 bits per heavy atom. The molecule has 0 aliphatic heterocycles. The lowest BCUT2D eigenvalue weighted by atomic mass is 10.1. The van der Waals surface area contributed by atoms with Gasteiger partial charge < -0.3 is 4.90 Å². The highest BCUT2D eigenvalue weighted by Crippen LogP contribution is 2.13. The second-order valence-corrected chi connectivity index (χ2v) is 4.93. The van der Waals surface area contributed by atoms with Crippen molar-refractivity contribution in [3.63, 3.8) is 0 Å². The lowest BCUT2D eigenvalue weighted by molar-refractivity contribution is 0.0962. The SMILES string of the molecule is CC(C)CN(C)CCC(=O)c1cccc(F)c1F. The Labute approximate surface area is 107 Å². The van der Waals surface area contributed by atoms with Crippen molar-refractivity contribution in [3.8, 4) is 0 Å². The smallest absolute Gasteiger partial charge is 0.169 e. The highest BCUT2D eigenvalue weighted by molar-refractivity contribution is 5.96. The third kappa shape index (κ3) is 4.18. The summed E-state index contributed by atoms with van der Waals surface area (Å²) in [5.41, 5.74) is -0.159. The number of hydrogen-bond donors (Lipinski definition) is 0. The first-order valence-corrected chi connectivity index (χ1v) is 6.07. The fourth-order valence-corrected chi connectivity index (χ4v) is 1.86. The molecule has 0 aromatic heterocycles. The Balaban J connectivity index is 2.58. The molecule has 1 rings (SSSR count). The van der Waals surface area contributed by atoms with Gasteiger partial charge in [0.1, 0.15) is 0 Å². The molecule has 0 fully saturated rings. The van der Waals surface area contributed by atoms with Crippen LogP contribution in [-0.2, 0) is 0 Å². The second kappa shape index (κ2) is 6.59. The van der Waals surface area contributed by atoms with Crippen molar-refractivity contribution in [3.05, 3.63) is 35.4 Å². The van der Waals surface area contributed by atoms with Crippen LogP contribution in [0.15, 0.2) is 18.2 Å². The largest absolute Gasteiger partial charge is 0.306 e. The summed E-state index contributed by atoms with van der Waals surface area (Å²) in [5.74, 6) is -1.87. The van der Waals surface area contributed by atoms with Crippen molar-refractivity contribution in [1.29, 1.82) is 0 Å². The average Bonchev–Trinajstić information content (AvgIpc) is 2.29. The number of carbonyl (C=O) groups excluding carboxylic acids is 1. The van der Waals surface area contributed by atoms with E-state index in [4.69, 9.17) is 0 Å². The van der Waals surface area contributed by atoms with Crippen LogP contribution in [0.25, 0.3) is 0 Å². The van der Waals surface area contributed by atoms with Gasteiger partial charge in [0, 0.05) is 19.5 Å². The first kappa shape index (κ1) is 14.8. The minimum absolute atomic E-state index is 0.159. The van der Waals surface area contributed by atoms with Crippen LogP contribution in [0.1, 0.15) is 30.6 Å². The molecule has 18 heavy (non-hydrogen) atoms. The van der Waals surface area contributed by atoms with E-state index in [0.29, 0.717) is 12.5 Å². The summed E-state index contributed by atoms with van der Waals surface area (Å²) >= 11 is 0. The van der Waals surface area contributed by atoms with Crippen LogP contribution in [0.3, 0.4) is 0 Å². The van der Waals surface area contributed by atoms with Crippen molar-refractivity contribution < 1.29 is 13.6 Å². The van der Waals surface area contributed by atoms with Gasteiger partial charge in [0.25, 0.3) is 0 Å². The number of halogens is 2. The summed E-state index contributed by atoms with van der Waals surface area (Å²) in [7, 11) is 1.91. The van der Waals surface area contributed by atoms with Crippen LogP contribution in [0, 0.1) is 17.6 Å². The molecule has 0 N–H and O–H groups in total. The summed E-state index contributed by atoms with van der Waals surface area (Å²) < 4.78 is 26.3. The van der Waals surface area contributed by atoms with Crippen LogP contribution >= 0.6 is 0 Å². The van der Waals surface area contributed by atoms with E-state index in [0.717, 1.165) is 12.6 Å². The molecule has 0 spiro atoms. The van der Waals surface area contributed by atoms with E-state index in [1.54, 1.807) is 0 Å². The molecular formula is C14H19F2NO. The molecule has 0 aliphatic carbocycles. The summed E-state index contributed by atoms with van der Waals surface area (Å²) in [4.78, 5) is 13.8. The van der Waals surface area contributed by atoms with Crippen molar-refractivity contribution in [2.75, 3.05) is 20.1 Å². The number of rotatable bonds is 6. The second-order valence-electron chi connectivity index (χ2n) is 4.93. The molecule has 0 bridgehead atoms. The highest BCUT2D eigenvalue weighted by Gasteiger charge is 2.15. The van der Waals surface area contributed by atoms with Gasteiger partial charge in [-0.2, -0.15) is 0 Å². The van der Waals surface area contributed by atoms with Crippen molar-refractivity contribution >= 4 is 5.78 Å². The van der Waals surface area contributed by atoms with Crippen LogP contribution < -0.4 is 0 Å². The minimum Gasteiger partial charge on any atom is -0.306 e. The molecular weight excluding hydrogens is 236 g/mol. The van der Waals surface area contributed by atoms with E-state index >= 15 is 0 Å². The molecule has 0 amide bonds. The van der Waals surface area contributed by atoms with Gasteiger partial charge in [0.2, 0.25) is 0 Å². The fourth-order valence-electron chi connectivity index (χ4n) is 1.86. The minimum atomic E-state index is -1.05. The normalized spacial score (nSPS) is 11.3. The number of Topliss-reactive ketones (excluding diaryl/α,β-unsaturated/α-hetero) is 1. The number of benzene rings is 1. The predicted molar refractivity (Wildman–Crippen MR) is 67.6 cm³/mol. The topological polar surface area (TPSA) is 20.3 Å². The van der Waals surface area contributed by atoms with Crippen molar-refractivity contribution in [2.24, 2.45) is 5.92 Å². The van der Waals surface area contributed by atoms with Crippen LogP contribution in [0.5, 0.6) is 0 Å². The van der Waals surface area contributed by atoms with Crippen LogP contribution in [0.4, 0.5) is 8.78 Å². The van der Waals surface area contributed by atoms with Gasteiger partial charge >= 0.3 is 0 Å². The zero-order valence-corrected chi connectivity index (χ0v) is 11.0. The Bertz CT molecular complexity index is 418. The molecule has 0 saturated carbocycles. The van der Waals surface area contributed by atoms with E-state index in [9.17, 15) is 13.6 Å². The van der Waals surface area contributed by atoms with E-state index in [-0.39, 0.29) is 17.8 Å². The monoisotopic (exact) mass is 255 g/mol. The zero-order chi connectivity index (χ0) is 13.7. The molecule has 100 valence electrons. The maximum atomic E-state index is 13.4. The standard InChI is InChI=1S/C14H19F2NO/c1-10(2)9-17(3)8-7-13(18)11-5-4-6-12(15)14(11)16/h4-6,10H,7-9H2,1-3H3. The van der Waals surface area contributed by atoms with E-state index in [1.165, 1.54) is 12.1 Å². The van der Waals surface area contributed by atoms with E-state index in [1.807, 2.05) is 11.9 Å². The van der Waals surface area contributed by atoms with E-state index in [2.05, 4.69) is 13.8 Å². The van der Waals surface area contributed by atoms with Gasteiger partial charge in [-0.3, -0.25) is 4.79 Å². The third-order valence-corrected chi connectivity index (χ3v) is 2.65. The van der Waals surface area contributed by atoms with Crippen LogP contribution in [0.2, 0.25) is 0 Å². The van der Waals surface area contributed by atoms with Gasteiger partial charge in [0.15, 0.2) is 17.4 Å². The summed E-state index contributed by atoms with van der Waals surface area (Å²) in [6.45, 7) is 5.60. The highest BCUT2D eigenvalue weighted by atomic mass is 19.2. The summed E-state index contributed by atoms with van der Waals surface area (Å²) in [6, 6.07) is 3.68. The predicted octanol–water partition coefficient (Wildman–Crippen LogP) is 3.13. The quantitative estimate of drug-likeness (QED) is 0.728. The molecule has 0 saturated heterocycles. The lowest BCUT2D eigenvalue weighted by Crippen LogP contribution is -2.26. The van der Waals surface area contributed by atoms with Gasteiger partial charge in [-0.1, -0.05) is 19.9 Å². The van der Waals surface area contributed by atoms with Gasteiger partial charge in [-0.25, -0.2) is 8.78 Å². The van der Waals surface area contributed by atoms with Crippen molar-refractivity contribution in [1.82, 2.24) is 4.90 Å². The lowest BCUT2D eigenvalue weighted by Gasteiger charge is -2.18. The third-order valence-electron chi connectivity index (χ3n) is 2.65. The van der Waals surface area contributed by atoms with Gasteiger partial charge in [0.05, 0.1) is 5.56 Å². The molecule has 0 heterocycles. The van der Waals surface area contributed by atoms with Gasteiger partial charge in [-0.15, -0.1) is 0 Å². The van der Waals surface area contributed by atoms with Crippen LogP contribution in [-0.4, -0.2) is 30.8 Å². The Morgan fingerprint density at radius 2 is 2.00 bits per heavy atom. The summed E-state index contributed by atoms with van der Waals surface area (Å²) in [6.07, 6.45) is 0.198. The maximum absolute atomic E-state index is 13.4. The van der Waals surface area contributed by atoms with Gasteiger partial charge in [-0.05, 0) is 25.1 Å². The number of carbonyl (C=O) groups is 1. The molecule has 0 aliphatic rings. The number of nitrogens with zero attached hydrogens (tertiary/aromatic N) is 1. The Kier molecular flexibility index (Phi) is 5.41. The average molecular weight is 255 g/mol. The molecule has 4 heteroatoms. The first-order valence-electron chi connectivity index (χ1n) is 6.07. The molecule has 1 aromatic rings. The molecule has 0 radical (unpaired) electrons. The number of ketones is 1. The van der Waals surface area contributed by atoms with Crippen molar-refractivity contribution in [2.45, 2.75) is 20.3 Å². The Morgan fingerprint density at radius 1 is 1.33 bits per heavy atom. The maximum Gasteiger partial charge on any atom is 0.169 e. The molecule has 0 atom stereocenters. The fraction of sp³-hybridized carbons (Fsp3) is 0.500. The zero-order valence-electron chi connectivity index (χ0n) is 11.0. The Hall–Kier alpha value is -1.29. The molecule has 1 aromatic carbocycles. The molecule has 0 unspecified atom stereocenters. The summed E-state index contributed by atoms with van der Waals surface area (Å²) in [5, 5.41) is 0.